The van der Waals surface area contributed by atoms with Gasteiger partial charge in [-0.2, -0.15) is 0 Å². The van der Waals surface area contributed by atoms with E-state index in [-0.39, 0.29) is 6.61 Å². The van der Waals surface area contributed by atoms with Crippen LogP contribution in [0.1, 0.15) is 28.5 Å². The molecule has 2 aromatic carbocycles. The molecule has 0 atom stereocenters. The summed E-state index contributed by atoms with van der Waals surface area (Å²) in [7, 11) is 0. The number of fused-ring (bicyclic) bond motifs is 3. The first kappa shape index (κ1) is 20.5. The Morgan fingerprint density at radius 3 is 2.69 bits per heavy atom. The van der Waals surface area contributed by atoms with E-state index in [9.17, 15) is 9.59 Å². The number of hydrogen-bond acceptors (Lipinski definition) is 7. The lowest BCUT2D eigenvalue weighted by Gasteiger charge is -2.28. The SMILES string of the molecule is CCN1CCc2nc3ccccc3c(C(=O)OCC(=O)Nc3nc4ccccc4s3)c2C1. The minimum absolute atomic E-state index is 0.377. The van der Waals surface area contributed by atoms with Gasteiger partial charge in [0.05, 0.1) is 21.3 Å². The van der Waals surface area contributed by atoms with E-state index in [0.29, 0.717) is 17.2 Å². The summed E-state index contributed by atoms with van der Waals surface area (Å²) < 4.78 is 6.44. The van der Waals surface area contributed by atoms with Gasteiger partial charge in [-0.1, -0.05) is 48.6 Å². The number of nitrogens with zero attached hydrogens (tertiary/aromatic N) is 3. The van der Waals surface area contributed by atoms with Gasteiger partial charge in [0.2, 0.25) is 0 Å². The molecule has 1 amide bonds. The molecule has 1 N–H and O–H groups in total. The molecule has 0 saturated carbocycles. The van der Waals surface area contributed by atoms with Crippen molar-refractivity contribution in [1.82, 2.24) is 14.9 Å². The molecule has 1 aliphatic rings. The second-order valence-electron chi connectivity index (χ2n) is 7.66. The number of carbonyl (C=O) groups excluding carboxylic acids is 2. The largest absolute Gasteiger partial charge is 0.452 e. The van der Waals surface area contributed by atoms with E-state index in [2.05, 4.69) is 22.1 Å². The molecular weight excluding hydrogens is 424 g/mol. The van der Waals surface area contributed by atoms with Crippen LogP contribution in [0.15, 0.2) is 48.5 Å². The average Bonchev–Trinajstić information content (AvgIpc) is 3.22. The van der Waals surface area contributed by atoms with Gasteiger partial charge in [0, 0.05) is 36.2 Å². The van der Waals surface area contributed by atoms with Gasteiger partial charge >= 0.3 is 5.97 Å². The number of rotatable bonds is 5. The van der Waals surface area contributed by atoms with Gasteiger partial charge in [0.15, 0.2) is 11.7 Å². The molecule has 0 spiro atoms. The van der Waals surface area contributed by atoms with Crippen molar-refractivity contribution < 1.29 is 14.3 Å². The van der Waals surface area contributed by atoms with Crippen LogP contribution < -0.4 is 5.32 Å². The molecule has 0 aliphatic carbocycles. The number of anilines is 1. The number of hydrogen-bond donors (Lipinski definition) is 1. The van der Waals surface area contributed by atoms with Gasteiger partial charge < -0.3 is 4.74 Å². The molecule has 32 heavy (non-hydrogen) atoms. The van der Waals surface area contributed by atoms with Gasteiger partial charge in [0.25, 0.3) is 5.91 Å². The molecule has 8 heteroatoms. The second-order valence-corrected chi connectivity index (χ2v) is 8.69. The molecule has 0 bridgehead atoms. The maximum Gasteiger partial charge on any atom is 0.339 e. The molecule has 1 aliphatic heterocycles. The lowest BCUT2D eigenvalue weighted by Crippen LogP contribution is -2.32. The minimum atomic E-state index is -0.503. The number of likely N-dealkylation sites (N-methyl/N-ethyl adjacent to an activating group) is 1. The van der Waals surface area contributed by atoms with Crippen molar-refractivity contribution in [1.29, 1.82) is 0 Å². The zero-order valence-corrected chi connectivity index (χ0v) is 18.4. The molecule has 7 nitrogen and oxygen atoms in total. The summed E-state index contributed by atoms with van der Waals surface area (Å²) in [5, 5.41) is 3.96. The number of benzene rings is 2. The van der Waals surface area contributed by atoms with Crippen molar-refractivity contribution in [2.45, 2.75) is 19.9 Å². The number of thiazole rings is 1. The van der Waals surface area contributed by atoms with Gasteiger partial charge in [-0.3, -0.25) is 20.0 Å². The van der Waals surface area contributed by atoms with Crippen molar-refractivity contribution in [3.63, 3.8) is 0 Å². The van der Waals surface area contributed by atoms with Crippen LogP contribution in [-0.2, 0) is 22.5 Å². The third-order valence-corrected chi connectivity index (χ3v) is 6.60. The summed E-state index contributed by atoms with van der Waals surface area (Å²) in [6.45, 7) is 4.17. The average molecular weight is 447 g/mol. The predicted octanol–water partition coefficient (Wildman–Crippen LogP) is 4.02. The fourth-order valence-electron chi connectivity index (χ4n) is 4.03. The van der Waals surface area contributed by atoms with E-state index >= 15 is 0 Å². The molecule has 2 aromatic heterocycles. The van der Waals surface area contributed by atoms with E-state index in [1.54, 1.807) is 0 Å². The molecule has 0 radical (unpaired) electrons. The Hall–Kier alpha value is -3.36. The molecule has 0 unspecified atom stereocenters. The Bertz CT molecular complexity index is 1300. The second kappa shape index (κ2) is 8.64. The van der Waals surface area contributed by atoms with E-state index in [1.165, 1.54) is 11.3 Å². The summed E-state index contributed by atoms with van der Waals surface area (Å²) in [5.74, 6) is -0.919. The Kier molecular flexibility index (Phi) is 5.55. The lowest BCUT2D eigenvalue weighted by atomic mass is 9.96. The summed E-state index contributed by atoms with van der Waals surface area (Å²) >= 11 is 1.38. The van der Waals surface area contributed by atoms with Crippen molar-refractivity contribution in [2.75, 3.05) is 25.0 Å². The number of para-hydroxylation sites is 2. The molecule has 3 heterocycles. The molecule has 4 aromatic rings. The summed E-state index contributed by atoms with van der Waals surface area (Å²) in [6.07, 6.45) is 0.784. The Balaban J connectivity index is 1.36. The van der Waals surface area contributed by atoms with Crippen molar-refractivity contribution in [3.05, 3.63) is 65.4 Å². The number of nitrogens with one attached hydrogen (secondary N) is 1. The number of aromatic nitrogens is 2. The van der Waals surface area contributed by atoms with Crippen LogP contribution in [0.25, 0.3) is 21.1 Å². The van der Waals surface area contributed by atoms with E-state index in [1.807, 2.05) is 48.5 Å². The third kappa shape index (κ3) is 3.94. The van der Waals surface area contributed by atoms with E-state index in [4.69, 9.17) is 9.72 Å². The standard InChI is InChI=1S/C24H22N4O3S/c1-2-28-12-11-18-16(13-28)22(15-7-3-4-8-17(15)25-18)23(30)31-14-21(29)27-24-26-19-9-5-6-10-20(19)32-24/h3-10H,2,11-14H2,1H3,(H,26,27,29). The molecule has 0 fully saturated rings. The quantitative estimate of drug-likeness (QED) is 0.466. The van der Waals surface area contributed by atoms with Crippen molar-refractivity contribution in [2.24, 2.45) is 0 Å². The Morgan fingerprint density at radius 1 is 1.09 bits per heavy atom. The normalized spacial score (nSPS) is 13.8. The Labute approximate surface area is 189 Å². The maximum absolute atomic E-state index is 13.2. The number of esters is 1. The predicted molar refractivity (Wildman–Crippen MR) is 125 cm³/mol. The number of ether oxygens (including phenoxy) is 1. The van der Waals surface area contributed by atoms with E-state index in [0.717, 1.165) is 51.9 Å². The van der Waals surface area contributed by atoms with Crippen molar-refractivity contribution >= 4 is 49.5 Å². The number of amides is 1. The highest BCUT2D eigenvalue weighted by molar-refractivity contribution is 7.22. The van der Waals surface area contributed by atoms with Crippen LogP contribution in [0.2, 0.25) is 0 Å². The fourth-order valence-corrected chi connectivity index (χ4v) is 4.92. The van der Waals surface area contributed by atoms with Gasteiger partial charge in [-0.15, -0.1) is 0 Å². The Morgan fingerprint density at radius 2 is 1.88 bits per heavy atom. The molecule has 162 valence electrons. The number of carbonyl (C=O) groups is 2. The molecular formula is C24H22N4O3S. The fraction of sp³-hybridized carbons (Fsp3) is 0.250. The lowest BCUT2D eigenvalue weighted by molar-refractivity contribution is -0.119. The van der Waals surface area contributed by atoms with Crippen LogP contribution >= 0.6 is 11.3 Å². The van der Waals surface area contributed by atoms with Gasteiger partial charge in [-0.05, 0) is 24.7 Å². The highest BCUT2D eigenvalue weighted by Crippen LogP contribution is 2.29. The minimum Gasteiger partial charge on any atom is -0.452 e. The van der Waals surface area contributed by atoms with Gasteiger partial charge in [0.1, 0.15) is 0 Å². The zero-order valence-electron chi connectivity index (χ0n) is 17.6. The highest BCUT2D eigenvalue weighted by atomic mass is 32.1. The van der Waals surface area contributed by atoms with Crippen LogP contribution in [0, 0.1) is 0 Å². The van der Waals surface area contributed by atoms with Crippen LogP contribution in [0.4, 0.5) is 5.13 Å². The van der Waals surface area contributed by atoms with Crippen LogP contribution in [0.3, 0.4) is 0 Å². The number of pyridine rings is 1. The zero-order chi connectivity index (χ0) is 22.1. The summed E-state index contributed by atoms with van der Waals surface area (Å²) in [5.41, 5.74) is 3.92. The van der Waals surface area contributed by atoms with Crippen LogP contribution in [-0.4, -0.2) is 46.4 Å². The topological polar surface area (TPSA) is 84.4 Å². The summed E-state index contributed by atoms with van der Waals surface area (Å²) in [6, 6.07) is 15.2. The van der Waals surface area contributed by atoms with Gasteiger partial charge in [-0.25, -0.2) is 9.78 Å². The molecule has 0 saturated heterocycles. The maximum atomic E-state index is 13.2. The highest BCUT2D eigenvalue weighted by Gasteiger charge is 2.26. The third-order valence-electron chi connectivity index (χ3n) is 5.65. The van der Waals surface area contributed by atoms with Crippen molar-refractivity contribution in [3.8, 4) is 0 Å². The van der Waals surface area contributed by atoms with E-state index < -0.39 is 11.9 Å². The first-order valence-electron chi connectivity index (χ1n) is 10.6. The summed E-state index contributed by atoms with van der Waals surface area (Å²) in [4.78, 5) is 37.0. The van der Waals surface area contributed by atoms with Crippen LogP contribution in [0.5, 0.6) is 0 Å². The smallest absolute Gasteiger partial charge is 0.339 e. The first-order chi connectivity index (χ1) is 15.6. The monoisotopic (exact) mass is 446 g/mol. The molecule has 5 rings (SSSR count). The first-order valence-corrected chi connectivity index (χ1v) is 11.4.